The number of carbonyl (C=O) groups is 2. The Kier molecular flexibility index (Phi) is 6.32. The molecular formula is C19H18BrNO3. The molecular weight excluding hydrogens is 370 g/mol. The lowest BCUT2D eigenvalue weighted by Gasteiger charge is -2.10. The Balaban J connectivity index is 1.84. The minimum atomic E-state index is -0.561. The van der Waals surface area contributed by atoms with Crippen molar-refractivity contribution in [1.82, 2.24) is 0 Å². The Hall–Kier alpha value is -2.40. The molecule has 5 heteroatoms. The first-order chi connectivity index (χ1) is 11.5. The number of rotatable bonds is 5. The number of hydrogen-bond acceptors (Lipinski definition) is 3. The van der Waals surface area contributed by atoms with E-state index in [0.29, 0.717) is 0 Å². The number of amides is 1. The highest BCUT2D eigenvalue weighted by atomic mass is 79.9. The number of esters is 1. The Labute approximate surface area is 149 Å². The number of ether oxygens (including phenoxy) is 1. The van der Waals surface area contributed by atoms with Crippen LogP contribution in [0.3, 0.4) is 0 Å². The summed E-state index contributed by atoms with van der Waals surface area (Å²) in [5.74, 6) is -0.928. The zero-order valence-electron chi connectivity index (χ0n) is 13.5. The van der Waals surface area contributed by atoms with Gasteiger partial charge >= 0.3 is 5.97 Å². The first-order valence-corrected chi connectivity index (χ1v) is 8.21. The number of anilines is 1. The van der Waals surface area contributed by atoms with E-state index in [9.17, 15) is 9.59 Å². The molecule has 0 aliphatic rings. The van der Waals surface area contributed by atoms with Crippen molar-refractivity contribution < 1.29 is 14.3 Å². The Bertz CT molecular complexity index is 767. The smallest absolute Gasteiger partial charge is 0.331 e. The molecule has 0 atom stereocenters. The van der Waals surface area contributed by atoms with E-state index in [-0.39, 0.29) is 12.5 Å². The van der Waals surface area contributed by atoms with Crippen molar-refractivity contribution in [3.05, 3.63) is 69.7 Å². The third kappa shape index (κ3) is 5.35. The molecule has 2 rings (SSSR count). The largest absolute Gasteiger partial charge is 0.452 e. The summed E-state index contributed by atoms with van der Waals surface area (Å²) >= 11 is 3.34. The van der Waals surface area contributed by atoms with Crippen LogP contribution in [0.2, 0.25) is 0 Å². The first kappa shape index (κ1) is 17.9. The maximum absolute atomic E-state index is 11.9. The summed E-state index contributed by atoms with van der Waals surface area (Å²) in [5.41, 5.74) is 3.67. The van der Waals surface area contributed by atoms with Crippen molar-refractivity contribution in [2.45, 2.75) is 13.8 Å². The van der Waals surface area contributed by atoms with E-state index in [1.807, 2.05) is 56.3 Å². The highest BCUT2D eigenvalue weighted by Crippen LogP contribution is 2.17. The molecule has 0 fully saturated rings. The molecule has 0 saturated heterocycles. The summed E-state index contributed by atoms with van der Waals surface area (Å²) in [5, 5.41) is 2.74. The Morgan fingerprint density at radius 2 is 1.83 bits per heavy atom. The van der Waals surface area contributed by atoms with Gasteiger partial charge in [0.15, 0.2) is 6.61 Å². The van der Waals surface area contributed by atoms with Crippen molar-refractivity contribution in [2.24, 2.45) is 0 Å². The van der Waals surface area contributed by atoms with Crippen LogP contribution in [0.5, 0.6) is 0 Å². The molecule has 1 amide bonds. The lowest BCUT2D eigenvalue weighted by molar-refractivity contribution is -0.142. The minimum Gasteiger partial charge on any atom is -0.452 e. The number of hydrogen-bond donors (Lipinski definition) is 1. The van der Waals surface area contributed by atoms with Crippen LogP contribution >= 0.6 is 15.9 Å². The fourth-order valence-electron chi connectivity index (χ4n) is 2.00. The van der Waals surface area contributed by atoms with E-state index >= 15 is 0 Å². The molecule has 0 radical (unpaired) electrons. The lowest BCUT2D eigenvalue weighted by atomic mass is 10.1. The van der Waals surface area contributed by atoms with Gasteiger partial charge in [-0.05, 0) is 54.8 Å². The van der Waals surface area contributed by atoms with Gasteiger partial charge in [0.2, 0.25) is 0 Å². The summed E-state index contributed by atoms with van der Waals surface area (Å²) in [6, 6.07) is 13.1. The molecule has 2 aromatic rings. The molecule has 24 heavy (non-hydrogen) atoms. The predicted molar refractivity (Wildman–Crippen MR) is 98.7 cm³/mol. The SMILES string of the molecule is Cc1cccc(NC(=O)COC(=O)/C=C/c2ccc(Br)cc2)c1C. The number of nitrogens with one attached hydrogen (secondary N) is 1. The second-order valence-corrected chi connectivity index (χ2v) is 6.20. The van der Waals surface area contributed by atoms with Crippen molar-refractivity contribution in [2.75, 3.05) is 11.9 Å². The first-order valence-electron chi connectivity index (χ1n) is 7.42. The lowest BCUT2D eigenvalue weighted by Crippen LogP contribution is -2.20. The summed E-state index contributed by atoms with van der Waals surface area (Å²) in [7, 11) is 0. The second kappa shape index (κ2) is 8.45. The average Bonchev–Trinajstić information content (AvgIpc) is 2.56. The van der Waals surface area contributed by atoms with E-state index < -0.39 is 5.97 Å². The molecule has 124 valence electrons. The van der Waals surface area contributed by atoms with Crippen LogP contribution in [-0.2, 0) is 14.3 Å². The van der Waals surface area contributed by atoms with Crippen molar-refractivity contribution in [1.29, 1.82) is 0 Å². The fourth-order valence-corrected chi connectivity index (χ4v) is 2.26. The van der Waals surface area contributed by atoms with Gasteiger partial charge in [0.25, 0.3) is 5.91 Å². The molecule has 0 spiro atoms. The van der Waals surface area contributed by atoms with Gasteiger partial charge in [-0.3, -0.25) is 4.79 Å². The van der Waals surface area contributed by atoms with Gasteiger partial charge in [-0.1, -0.05) is 40.2 Å². The molecule has 0 aromatic heterocycles. The molecule has 0 bridgehead atoms. The van der Waals surface area contributed by atoms with E-state index in [2.05, 4.69) is 21.2 Å². The number of carbonyl (C=O) groups excluding carboxylic acids is 2. The zero-order valence-corrected chi connectivity index (χ0v) is 15.1. The highest BCUT2D eigenvalue weighted by molar-refractivity contribution is 9.10. The third-order valence-corrected chi connectivity index (χ3v) is 4.03. The van der Waals surface area contributed by atoms with Gasteiger partial charge in [0, 0.05) is 16.2 Å². The zero-order chi connectivity index (χ0) is 17.5. The Morgan fingerprint density at radius 3 is 2.54 bits per heavy atom. The van der Waals surface area contributed by atoms with Gasteiger partial charge in [-0.15, -0.1) is 0 Å². The second-order valence-electron chi connectivity index (χ2n) is 5.29. The van der Waals surface area contributed by atoms with Crippen molar-refractivity contribution in [3.63, 3.8) is 0 Å². The van der Waals surface area contributed by atoms with Crippen LogP contribution in [0, 0.1) is 13.8 Å². The normalized spacial score (nSPS) is 10.6. The molecule has 1 N–H and O–H groups in total. The van der Waals surface area contributed by atoms with E-state index in [0.717, 1.165) is 26.9 Å². The molecule has 2 aromatic carbocycles. The minimum absolute atomic E-state index is 0.323. The van der Waals surface area contributed by atoms with Crippen LogP contribution in [0.4, 0.5) is 5.69 Å². The summed E-state index contributed by atoms with van der Waals surface area (Å²) < 4.78 is 5.91. The fraction of sp³-hybridized carbons (Fsp3) is 0.158. The molecule has 0 saturated carbocycles. The van der Waals surface area contributed by atoms with E-state index in [1.165, 1.54) is 6.08 Å². The van der Waals surface area contributed by atoms with Gasteiger partial charge in [-0.25, -0.2) is 4.79 Å². The number of benzene rings is 2. The molecule has 0 unspecified atom stereocenters. The summed E-state index contributed by atoms with van der Waals surface area (Å²) in [6.07, 6.45) is 2.94. The van der Waals surface area contributed by atoms with Crippen LogP contribution in [-0.4, -0.2) is 18.5 Å². The molecule has 0 aliphatic heterocycles. The highest BCUT2D eigenvalue weighted by Gasteiger charge is 2.08. The standard InChI is InChI=1S/C19H18BrNO3/c1-13-4-3-5-17(14(13)2)21-18(22)12-24-19(23)11-8-15-6-9-16(20)10-7-15/h3-11H,12H2,1-2H3,(H,21,22)/b11-8+. The maximum atomic E-state index is 11.9. The predicted octanol–water partition coefficient (Wildman–Crippen LogP) is 4.26. The van der Waals surface area contributed by atoms with Crippen LogP contribution in [0.15, 0.2) is 53.0 Å². The molecule has 4 nitrogen and oxygen atoms in total. The van der Waals surface area contributed by atoms with Gasteiger partial charge < -0.3 is 10.1 Å². The molecule has 0 aliphatic carbocycles. The number of halogens is 1. The average molecular weight is 388 g/mol. The quantitative estimate of drug-likeness (QED) is 0.615. The van der Waals surface area contributed by atoms with Crippen LogP contribution < -0.4 is 5.32 Å². The topological polar surface area (TPSA) is 55.4 Å². The van der Waals surface area contributed by atoms with Crippen molar-refractivity contribution >= 4 is 39.6 Å². The Morgan fingerprint density at radius 1 is 1.12 bits per heavy atom. The van der Waals surface area contributed by atoms with Crippen LogP contribution in [0.25, 0.3) is 6.08 Å². The van der Waals surface area contributed by atoms with Crippen LogP contribution in [0.1, 0.15) is 16.7 Å². The maximum Gasteiger partial charge on any atom is 0.331 e. The van der Waals surface area contributed by atoms with E-state index in [1.54, 1.807) is 6.08 Å². The van der Waals surface area contributed by atoms with Gasteiger partial charge in [-0.2, -0.15) is 0 Å². The summed E-state index contributed by atoms with van der Waals surface area (Å²) in [6.45, 7) is 3.58. The third-order valence-electron chi connectivity index (χ3n) is 3.51. The number of aryl methyl sites for hydroxylation is 1. The molecule has 0 heterocycles. The van der Waals surface area contributed by atoms with Gasteiger partial charge in [0.05, 0.1) is 0 Å². The van der Waals surface area contributed by atoms with Gasteiger partial charge in [0.1, 0.15) is 0 Å². The van der Waals surface area contributed by atoms with Crippen molar-refractivity contribution in [3.8, 4) is 0 Å². The van der Waals surface area contributed by atoms with E-state index in [4.69, 9.17) is 4.74 Å². The summed E-state index contributed by atoms with van der Waals surface area (Å²) in [4.78, 5) is 23.5. The monoisotopic (exact) mass is 387 g/mol.